The molecule has 1 rings (SSSR count). The van der Waals surface area contributed by atoms with Gasteiger partial charge in [-0.3, -0.25) is 9.69 Å². The molecule has 0 aliphatic carbocycles. The summed E-state index contributed by atoms with van der Waals surface area (Å²) < 4.78 is 0. The van der Waals surface area contributed by atoms with Gasteiger partial charge in [0.25, 0.3) is 0 Å². The van der Waals surface area contributed by atoms with Gasteiger partial charge in [0.15, 0.2) is 0 Å². The minimum absolute atomic E-state index is 0.177. The number of nitrogens with one attached hydrogen (secondary N) is 2. The summed E-state index contributed by atoms with van der Waals surface area (Å²) >= 11 is 0. The van der Waals surface area contributed by atoms with Gasteiger partial charge in [-0.15, -0.1) is 0 Å². The summed E-state index contributed by atoms with van der Waals surface area (Å²) in [6.45, 7) is 12.1. The van der Waals surface area contributed by atoms with E-state index in [0.29, 0.717) is 24.5 Å². The quantitative estimate of drug-likeness (QED) is 0.738. The first-order chi connectivity index (χ1) is 9.06. The maximum atomic E-state index is 12.0. The Hall–Kier alpha value is -0.610. The molecule has 1 fully saturated rings. The second-order valence-corrected chi connectivity index (χ2v) is 6.04. The van der Waals surface area contributed by atoms with Crippen molar-refractivity contribution in [2.24, 2.45) is 5.92 Å². The van der Waals surface area contributed by atoms with Gasteiger partial charge >= 0.3 is 0 Å². The highest BCUT2D eigenvalue weighted by atomic mass is 16.2. The Morgan fingerprint density at radius 2 is 2.11 bits per heavy atom. The molecule has 1 amide bonds. The van der Waals surface area contributed by atoms with Crippen molar-refractivity contribution in [2.75, 3.05) is 26.2 Å². The van der Waals surface area contributed by atoms with Crippen LogP contribution in [-0.4, -0.2) is 49.1 Å². The van der Waals surface area contributed by atoms with E-state index in [1.54, 1.807) is 0 Å². The molecular formula is C15H31N3O. The van der Waals surface area contributed by atoms with Gasteiger partial charge in [-0.1, -0.05) is 27.7 Å². The van der Waals surface area contributed by atoms with E-state index in [-0.39, 0.29) is 5.91 Å². The summed E-state index contributed by atoms with van der Waals surface area (Å²) in [6, 6.07) is 1.03. The van der Waals surface area contributed by atoms with Crippen molar-refractivity contribution < 1.29 is 4.79 Å². The predicted molar refractivity (Wildman–Crippen MR) is 80.2 cm³/mol. The van der Waals surface area contributed by atoms with Crippen LogP contribution in [0.4, 0.5) is 0 Å². The number of hydrogen-bond donors (Lipinski definition) is 2. The first-order valence-electron chi connectivity index (χ1n) is 7.80. The van der Waals surface area contributed by atoms with Crippen molar-refractivity contribution in [3.8, 4) is 0 Å². The van der Waals surface area contributed by atoms with Crippen molar-refractivity contribution >= 4 is 5.91 Å². The summed E-state index contributed by atoms with van der Waals surface area (Å²) in [5, 5.41) is 6.60. The third-order valence-corrected chi connectivity index (χ3v) is 3.97. The molecule has 0 aromatic heterocycles. The lowest BCUT2D eigenvalue weighted by molar-refractivity contribution is -0.123. The van der Waals surface area contributed by atoms with Crippen LogP contribution in [0.3, 0.4) is 0 Å². The number of piperazine rings is 1. The van der Waals surface area contributed by atoms with Crippen LogP contribution in [0.25, 0.3) is 0 Å². The zero-order valence-corrected chi connectivity index (χ0v) is 13.0. The number of carbonyl (C=O) groups is 1. The van der Waals surface area contributed by atoms with E-state index >= 15 is 0 Å². The molecule has 1 saturated heterocycles. The van der Waals surface area contributed by atoms with Crippen LogP contribution in [0, 0.1) is 5.92 Å². The van der Waals surface area contributed by atoms with Crippen LogP contribution >= 0.6 is 0 Å². The first kappa shape index (κ1) is 16.4. The SMILES string of the molecule is CCC1CN(CC(=O)NCCC(C)C)C(CC)CN1. The normalized spacial score (nSPS) is 24.7. The molecule has 2 unspecified atom stereocenters. The van der Waals surface area contributed by atoms with Gasteiger partial charge in [-0.2, -0.15) is 0 Å². The summed E-state index contributed by atoms with van der Waals surface area (Å²) in [5.41, 5.74) is 0. The van der Waals surface area contributed by atoms with Gasteiger partial charge in [0.1, 0.15) is 0 Å². The lowest BCUT2D eigenvalue weighted by atomic mass is 10.1. The molecule has 0 spiro atoms. The Kier molecular flexibility index (Phi) is 7.39. The Balaban J connectivity index is 2.36. The van der Waals surface area contributed by atoms with Gasteiger partial charge in [-0.05, 0) is 25.2 Å². The second-order valence-electron chi connectivity index (χ2n) is 6.04. The van der Waals surface area contributed by atoms with Gasteiger partial charge in [0, 0.05) is 31.7 Å². The van der Waals surface area contributed by atoms with E-state index in [1.165, 1.54) is 0 Å². The van der Waals surface area contributed by atoms with Crippen LogP contribution in [0.15, 0.2) is 0 Å². The molecule has 1 aliphatic heterocycles. The third kappa shape index (κ3) is 5.91. The number of rotatable bonds is 7. The smallest absolute Gasteiger partial charge is 0.234 e. The maximum absolute atomic E-state index is 12.0. The molecule has 19 heavy (non-hydrogen) atoms. The molecule has 1 heterocycles. The lowest BCUT2D eigenvalue weighted by Crippen LogP contribution is -2.58. The minimum atomic E-state index is 0.177. The molecule has 0 aromatic rings. The van der Waals surface area contributed by atoms with E-state index in [2.05, 4.69) is 43.2 Å². The number of nitrogens with zero attached hydrogens (tertiary/aromatic N) is 1. The predicted octanol–water partition coefficient (Wildman–Crippen LogP) is 1.61. The Morgan fingerprint density at radius 1 is 1.37 bits per heavy atom. The van der Waals surface area contributed by atoms with Crippen LogP contribution < -0.4 is 10.6 Å². The van der Waals surface area contributed by atoms with Crippen molar-refractivity contribution in [1.29, 1.82) is 0 Å². The molecule has 4 heteroatoms. The highest BCUT2D eigenvalue weighted by Gasteiger charge is 2.26. The Bertz CT molecular complexity index is 268. The fourth-order valence-electron chi connectivity index (χ4n) is 2.54. The van der Waals surface area contributed by atoms with E-state index in [0.717, 1.165) is 38.9 Å². The van der Waals surface area contributed by atoms with Crippen LogP contribution in [0.5, 0.6) is 0 Å². The van der Waals surface area contributed by atoms with Gasteiger partial charge in [-0.25, -0.2) is 0 Å². The average Bonchev–Trinajstić information content (AvgIpc) is 2.38. The van der Waals surface area contributed by atoms with Crippen molar-refractivity contribution in [3.63, 3.8) is 0 Å². The summed E-state index contributed by atoms with van der Waals surface area (Å²) in [6.07, 6.45) is 3.28. The van der Waals surface area contributed by atoms with Crippen molar-refractivity contribution in [3.05, 3.63) is 0 Å². The van der Waals surface area contributed by atoms with Gasteiger partial charge in [0.05, 0.1) is 6.54 Å². The fraction of sp³-hybridized carbons (Fsp3) is 0.933. The highest BCUT2D eigenvalue weighted by Crippen LogP contribution is 2.11. The summed E-state index contributed by atoms with van der Waals surface area (Å²) in [4.78, 5) is 14.3. The Morgan fingerprint density at radius 3 is 2.68 bits per heavy atom. The van der Waals surface area contributed by atoms with Crippen molar-refractivity contribution in [1.82, 2.24) is 15.5 Å². The van der Waals surface area contributed by atoms with E-state index in [1.807, 2.05) is 0 Å². The molecule has 0 saturated carbocycles. The fourth-order valence-corrected chi connectivity index (χ4v) is 2.54. The van der Waals surface area contributed by atoms with Gasteiger partial charge in [0.2, 0.25) is 5.91 Å². The second kappa shape index (κ2) is 8.54. The average molecular weight is 269 g/mol. The number of carbonyl (C=O) groups excluding carboxylic acids is 1. The van der Waals surface area contributed by atoms with E-state index in [9.17, 15) is 4.79 Å². The van der Waals surface area contributed by atoms with Crippen molar-refractivity contribution in [2.45, 2.75) is 59.0 Å². The molecule has 2 N–H and O–H groups in total. The van der Waals surface area contributed by atoms with Crippen LogP contribution in [-0.2, 0) is 4.79 Å². The first-order valence-corrected chi connectivity index (χ1v) is 7.80. The number of hydrogen-bond acceptors (Lipinski definition) is 3. The van der Waals surface area contributed by atoms with E-state index < -0.39 is 0 Å². The molecule has 4 nitrogen and oxygen atoms in total. The molecule has 2 atom stereocenters. The van der Waals surface area contributed by atoms with Gasteiger partial charge < -0.3 is 10.6 Å². The lowest BCUT2D eigenvalue weighted by Gasteiger charge is -2.39. The summed E-state index contributed by atoms with van der Waals surface area (Å²) in [5.74, 6) is 0.822. The standard InChI is InChI=1S/C15H31N3O/c1-5-13-10-18(14(6-2)9-17-13)11-15(19)16-8-7-12(3)4/h12-14,17H,5-11H2,1-4H3,(H,16,19). The Labute approximate surface area is 118 Å². The minimum Gasteiger partial charge on any atom is -0.355 e. The topological polar surface area (TPSA) is 44.4 Å². The zero-order valence-electron chi connectivity index (χ0n) is 13.0. The monoisotopic (exact) mass is 269 g/mol. The third-order valence-electron chi connectivity index (χ3n) is 3.97. The molecule has 112 valence electrons. The molecule has 1 aliphatic rings. The van der Waals surface area contributed by atoms with Crippen LogP contribution in [0.2, 0.25) is 0 Å². The summed E-state index contributed by atoms with van der Waals surface area (Å²) in [7, 11) is 0. The largest absolute Gasteiger partial charge is 0.355 e. The molecular weight excluding hydrogens is 238 g/mol. The molecule has 0 radical (unpaired) electrons. The molecule has 0 bridgehead atoms. The maximum Gasteiger partial charge on any atom is 0.234 e. The highest BCUT2D eigenvalue weighted by molar-refractivity contribution is 5.78. The zero-order chi connectivity index (χ0) is 14.3. The number of amides is 1. The van der Waals surface area contributed by atoms with Crippen LogP contribution in [0.1, 0.15) is 47.0 Å². The molecule has 0 aromatic carbocycles. The van der Waals surface area contributed by atoms with E-state index in [4.69, 9.17) is 0 Å².